The first-order chi connectivity index (χ1) is 14.1. The van der Waals surface area contributed by atoms with Gasteiger partial charge in [-0.2, -0.15) is 0 Å². The third kappa shape index (κ3) is 6.51. The van der Waals surface area contributed by atoms with E-state index in [1.54, 1.807) is 31.4 Å². The molecule has 0 atom stereocenters. The van der Waals surface area contributed by atoms with Gasteiger partial charge < -0.3 is 14.8 Å². The molecule has 0 heterocycles. The highest BCUT2D eigenvalue weighted by molar-refractivity contribution is 6.35. The second-order valence-electron chi connectivity index (χ2n) is 6.49. The summed E-state index contributed by atoms with van der Waals surface area (Å²) in [6.45, 7) is 1.49. The van der Waals surface area contributed by atoms with Crippen molar-refractivity contribution < 1.29 is 13.9 Å². The third-order valence-electron chi connectivity index (χ3n) is 4.51. The molecule has 0 radical (unpaired) electrons. The zero-order valence-electron chi connectivity index (χ0n) is 16.5. The molecule has 3 aromatic carbocycles. The van der Waals surface area contributed by atoms with Crippen LogP contribution in [-0.4, -0.2) is 13.7 Å². The Labute approximate surface area is 192 Å². The fourth-order valence-electron chi connectivity index (χ4n) is 2.96. The van der Waals surface area contributed by atoms with Crippen LogP contribution in [0.3, 0.4) is 0 Å². The number of benzene rings is 3. The van der Waals surface area contributed by atoms with Gasteiger partial charge in [-0.25, -0.2) is 4.39 Å². The van der Waals surface area contributed by atoms with E-state index in [2.05, 4.69) is 5.32 Å². The molecule has 0 aromatic heterocycles. The number of methoxy groups -OCH3 is 1. The average molecular weight is 471 g/mol. The standard InChI is InChI=1S/C23H22Cl2FNO2.ClH/c1-28-22-8-4-6-17(14-27-12-11-16-5-2-3-7-21(16)26)23(22)29-15-18-9-10-19(24)13-20(18)25;/h2-10,13,27H,11-12,14-15H2,1H3;1H. The first-order valence-corrected chi connectivity index (χ1v) is 10.0. The van der Waals surface area contributed by atoms with Gasteiger partial charge in [-0.15, -0.1) is 12.4 Å². The summed E-state index contributed by atoms with van der Waals surface area (Å²) in [5, 5.41) is 4.47. The molecule has 0 amide bonds. The molecule has 0 aliphatic heterocycles. The Morgan fingerprint density at radius 1 is 0.933 bits per heavy atom. The van der Waals surface area contributed by atoms with Crippen molar-refractivity contribution in [3.05, 3.63) is 93.2 Å². The van der Waals surface area contributed by atoms with Gasteiger partial charge >= 0.3 is 0 Å². The summed E-state index contributed by atoms with van der Waals surface area (Å²) < 4.78 is 25.2. The lowest BCUT2D eigenvalue weighted by Crippen LogP contribution is -2.18. The molecule has 0 aliphatic carbocycles. The molecule has 0 saturated heterocycles. The zero-order valence-corrected chi connectivity index (χ0v) is 18.8. The quantitative estimate of drug-likeness (QED) is 0.363. The minimum absolute atomic E-state index is 0. The fourth-order valence-corrected chi connectivity index (χ4v) is 3.42. The summed E-state index contributed by atoms with van der Waals surface area (Å²) >= 11 is 12.2. The Bertz CT molecular complexity index is 969. The molecular weight excluding hydrogens is 448 g/mol. The lowest BCUT2D eigenvalue weighted by molar-refractivity contribution is 0.280. The summed E-state index contributed by atoms with van der Waals surface area (Å²) in [7, 11) is 1.60. The van der Waals surface area contributed by atoms with Crippen LogP contribution >= 0.6 is 35.6 Å². The van der Waals surface area contributed by atoms with Crippen LogP contribution in [0.2, 0.25) is 10.0 Å². The normalized spacial score (nSPS) is 10.4. The molecule has 7 heteroatoms. The van der Waals surface area contributed by atoms with Crippen molar-refractivity contribution in [3.8, 4) is 11.5 Å². The number of rotatable bonds is 9. The van der Waals surface area contributed by atoms with Crippen LogP contribution in [0.25, 0.3) is 0 Å². The van der Waals surface area contributed by atoms with E-state index in [-0.39, 0.29) is 18.2 Å². The van der Waals surface area contributed by atoms with Crippen LogP contribution in [-0.2, 0) is 19.6 Å². The van der Waals surface area contributed by atoms with Gasteiger partial charge in [0.2, 0.25) is 0 Å². The highest BCUT2D eigenvalue weighted by Gasteiger charge is 2.12. The van der Waals surface area contributed by atoms with E-state index in [4.69, 9.17) is 32.7 Å². The molecule has 0 fully saturated rings. The molecule has 3 rings (SSSR count). The summed E-state index contributed by atoms with van der Waals surface area (Å²) in [6.07, 6.45) is 0.604. The smallest absolute Gasteiger partial charge is 0.166 e. The number of halogens is 4. The van der Waals surface area contributed by atoms with Crippen LogP contribution in [0.1, 0.15) is 16.7 Å². The van der Waals surface area contributed by atoms with Crippen molar-refractivity contribution in [1.82, 2.24) is 5.32 Å². The third-order valence-corrected chi connectivity index (χ3v) is 5.10. The van der Waals surface area contributed by atoms with Crippen molar-refractivity contribution in [3.63, 3.8) is 0 Å². The lowest BCUT2D eigenvalue weighted by Gasteiger charge is -2.16. The van der Waals surface area contributed by atoms with Gasteiger partial charge in [-0.3, -0.25) is 0 Å². The van der Waals surface area contributed by atoms with Crippen LogP contribution in [0.5, 0.6) is 11.5 Å². The molecule has 0 unspecified atom stereocenters. The zero-order chi connectivity index (χ0) is 20.6. The Morgan fingerprint density at radius 3 is 2.43 bits per heavy atom. The number of nitrogens with one attached hydrogen (secondary N) is 1. The predicted molar refractivity (Wildman–Crippen MR) is 123 cm³/mol. The molecule has 1 N–H and O–H groups in total. The van der Waals surface area contributed by atoms with E-state index in [0.717, 1.165) is 11.1 Å². The van der Waals surface area contributed by atoms with E-state index in [1.807, 2.05) is 30.3 Å². The maximum absolute atomic E-state index is 13.7. The van der Waals surface area contributed by atoms with E-state index < -0.39 is 0 Å². The number of ether oxygens (including phenoxy) is 2. The van der Waals surface area contributed by atoms with Crippen molar-refractivity contribution in [2.45, 2.75) is 19.6 Å². The summed E-state index contributed by atoms with van der Waals surface area (Å²) in [4.78, 5) is 0. The highest BCUT2D eigenvalue weighted by Crippen LogP contribution is 2.32. The Balaban J connectivity index is 0.00000320. The summed E-state index contributed by atoms with van der Waals surface area (Å²) in [5.74, 6) is 1.11. The largest absolute Gasteiger partial charge is 0.493 e. The molecular formula is C23H23Cl3FNO2. The monoisotopic (exact) mass is 469 g/mol. The van der Waals surface area contributed by atoms with Gasteiger partial charge in [0.1, 0.15) is 12.4 Å². The van der Waals surface area contributed by atoms with Crippen molar-refractivity contribution in [1.29, 1.82) is 0 Å². The Hall–Kier alpha value is -1.98. The topological polar surface area (TPSA) is 30.5 Å². The van der Waals surface area contributed by atoms with Gasteiger partial charge in [0.05, 0.1) is 7.11 Å². The van der Waals surface area contributed by atoms with E-state index >= 15 is 0 Å². The Morgan fingerprint density at radius 2 is 1.70 bits per heavy atom. The lowest BCUT2D eigenvalue weighted by atomic mass is 10.1. The molecule has 3 nitrogen and oxygen atoms in total. The summed E-state index contributed by atoms with van der Waals surface area (Å²) in [6, 6.07) is 17.8. The second-order valence-corrected chi connectivity index (χ2v) is 7.33. The van der Waals surface area contributed by atoms with Gasteiger partial charge in [0.15, 0.2) is 11.5 Å². The van der Waals surface area contributed by atoms with Crippen LogP contribution in [0.4, 0.5) is 4.39 Å². The first-order valence-electron chi connectivity index (χ1n) is 9.25. The van der Waals surface area contributed by atoms with Crippen LogP contribution in [0, 0.1) is 5.82 Å². The highest BCUT2D eigenvalue weighted by atomic mass is 35.5. The van der Waals surface area contributed by atoms with E-state index in [1.165, 1.54) is 6.07 Å². The van der Waals surface area contributed by atoms with Gasteiger partial charge in [-0.05, 0) is 42.8 Å². The molecule has 0 saturated carbocycles. The average Bonchev–Trinajstić information content (AvgIpc) is 2.72. The first kappa shape index (κ1) is 24.3. The molecule has 3 aromatic rings. The number of hydrogen-bond acceptors (Lipinski definition) is 3. The van der Waals surface area contributed by atoms with Crippen LogP contribution < -0.4 is 14.8 Å². The fraction of sp³-hybridized carbons (Fsp3) is 0.217. The number of hydrogen-bond donors (Lipinski definition) is 1. The Kier molecular flexibility index (Phi) is 9.73. The van der Waals surface area contributed by atoms with E-state index in [9.17, 15) is 4.39 Å². The predicted octanol–water partition coefficient (Wildman–Crippen LogP) is 6.47. The molecule has 0 bridgehead atoms. The maximum Gasteiger partial charge on any atom is 0.166 e. The van der Waals surface area contributed by atoms with Gasteiger partial charge in [0.25, 0.3) is 0 Å². The molecule has 160 valence electrons. The van der Waals surface area contributed by atoms with Crippen molar-refractivity contribution in [2.75, 3.05) is 13.7 Å². The van der Waals surface area contributed by atoms with E-state index in [0.29, 0.717) is 53.2 Å². The van der Waals surface area contributed by atoms with Crippen molar-refractivity contribution in [2.24, 2.45) is 0 Å². The van der Waals surface area contributed by atoms with Crippen LogP contribution in [0.15, 0.2) is 60.7 Å². The second kappa shape index (κ2) is 12.0. The molecule has 30 heavy (non-hydrogen) atoms. The SMILES string of the molecule is COc1cccc(CNCCc2ccccc2F)c1OCc1ccc(Cl)cc1Cl.Cl. The molecule has 0 aliphatic rings. The van der Waals surface area contributed by atoms with Gasteiger partial charge in [-0.1, -0.05) is 59.6 Å². The molecule has 0 spiro atoms. The number of para-hydroxylation sites is 1. The summed E-state index contributed by atoms with van der Waals surface area (Å²) in [5.41, 5.74) is 2.47. The minimum atomic E-state index is -0.181. The van der Waals surface area contributed by atoms with Gasteiger partial charge in [0, 0.05) is 27.7 Å². The maximum atomic E-state index is 13.7. The minimum Gasteiger partial charge on any atom is -0.493 e. The van der Waals surface area contributed by atoms with Crippen molar-refractivity contribution >= 4 is 35.6 Å².